The molecular formula is C9H11ClN4O. The van der Waals surface area contributed by atoms with Gasteiger partial charge in [-0.2, -0.15) is 0 Å². The topological polar surface area (TPSA) is 52.2 Å². The number of H-pyrrole nitrogens is 1. The van der Waals surface area contributed by atoms with Gasteiger partial charge in [0.15, 0.2) is 5.82 Å². The van der Waals surface area contributed by atoms with Gasteiger partial charge in [0, 0.05) is 19.1 Å². The van der Waals surface area contributed by atoms with Crippen LogP contribution in [0.3, 0.4) is 0 Å². The van der Waals surface area contributed by atoms with Crippen molar-refractivity contribution in [1.82, 2.24) is 9.97 Å². The highest BCUT2D eigenvalue weighted by atomic mass is 35.5. The second-order valence-corrected chi connectivity index (χ2v) is 3.58. The minimum absolute atomic E-state index is 0.118. The Bertz CT molecular complexity index is 442. The minimum atomic E-state index is -0.118. The molecule has 15 heavy (non-hydrogen) atoms. The molecule has 1 aromatic rings. The van der Waals surface area contributed by atoms with E-state index in [1.54, 1.807) is 6.08 Å². The number of hydrogen-bond donors (Lipinski definition) is 1. The summed E-state index contributed by atoms with van der Waals surface area (Å²) in [6.07, 6.45) is 3.20. The van der Waals surface area contributed by atoms with Crippen molar-refractivity contribution in [3.05, 3.63) is 28.3 Å². The normalized spacial score (nSPS) is 15.1. The van der Waals surface area contributed by atoms with Crippen LogP contribution in [0.15, 0.2) is 22.7 Å². The summed E-state index contributed by atoms with van der Waals surface area (Å²) in [5.41, 5.74) is 1.94. The van der Waals surface area contributed by atoms with Crippen molar-refractivity contribution in [2.24, 2.45) is 0 Å². The van der Waals surface area contributed by atoms with E-state index in [0.29, 0.717) is 24.7 Å². The lowest BCUT2D eigenvalue weighted by Gasteiger charge is -2.15. The van der Waals surface area contributed by atoms with Crippen LogP contribution < -0.4 is 15.4 Å². The maximum Gasteiger partial charge on any atom is 0.276 e. The zero-order chi connectivity index (χ0) is 10.8. The van der Waals surface area contributed by atoms with E-state index in [1.165, 1.54) is 11.9 Å². The number of rotatable bonds is 2. The van der Waals surface area contributed by atoms with Gasteiger partial charge >= 0.3 is 0 Å². The number of fused-ring (bicyclic) bond motifs is 1. The van der Waals surface area contributed by atoms with Crippen LogP contribution in [-0.2, 0) is 0 Å². The second kappa shape index (κ2) is 3.94. The Labute approximate surface area is 92.0 Å². The molecule has 1 aliphatic heterocycles. The first kappa shape index (κ1) is 10.0. The second-order valence-electron chi connectivity index (χ2n) is 3.33. The molecule has 5 nitrogen and oxygen atoms in total. The molecule has 0 saturated heterocycles. The lowest BCUT2D eigenvalue weighted by Crippen LogP contribution is -2.30. The Hall–Kier alpha value is -1.49. The van der Waals surface area contributed by atoms with Gasteiger partial charge in [0.2, 0.25) is 0 Å². The van der Waals surface area contributed by atoms with Gasteiger partial charge in [0.05, 0.1) is 13.0 Å². The highest BCUT2D eigenvalue weighted by Crippen LogP contribution is 2.27. The van der Waals surface area contributed by atoms with Gasteiger partial charge in [-0.25, -0.2) is 4.98 Å². The number of nitrogens with zero attached hydrogens (tertiary/aromatic N) is 3. The summed E-state index contributed by atoms with van der Waals surface area (Å²) >= 11 is 5.46. The van der Waals surface area contributed by atoms with Crippen LogP contribution in [0.1, 0.15) is 0 Å². The van der Waals surface area contributed by atoms with Gasteiger partial charge in [-0.15, -0.1) is 0 Å². The monoisotopic (exact) mass is 226 g/mol. The first-order valence-corrected chi connectivity index (χ1v) is 4.96. The van der Waals surface area contributed by atoms with Crippen molar-refractivity contribution < 1.29 is 0 Å². The fourth-order valence-electron chi connectivity index (χ4n) is 1.66. The Morgan fingerprint density at radius 1 is 1.73 bits per heavy atom. The molecule has 6 heteroatoms. The van der Waals surface area contributed by atoms with Gasteiger partial charge in [-0.05, 0) is 0 Å². The third-order valence-electron chi connectivity index (χ3n) is 2.28. The van der Waals surface area contributed by atoms with Crippen LogP contribution in [0.25, 0.3) is 0 Å². The molecule has 1 aliphatic rings. The van der Waals surface area contributed by atoms with Gasteiger partial charge in [0.25, 0.3) is 5.56 Å². The molecule has 80 valence electrons. The Balaban J connectivity index is 2.40. The molecule has 0 bridgehead atoms. The van der Waals surface area contributed by atoms with E-state index in [0.717, 1.165) is 0 Å². The average molecular weight is 227 g/mol. The number of halogens is 1. The predicted molar refractivity (Wildman–Crippen MR) is 60.5 cm³/mol. The fraction of sp³-hybridized carbons (Fsp3) is 0.333. The number of nitrogens with one attached hydrogen (secondary N) is 1. The zero-order valence-electron chi connectivity index (χ0n) is 8.27. The minimum Gasteiger partial charge on any atom is -0.343 e. The Morgan fingerprint density at radius 2 is 2.53 bits per heavy atom. The lowest BCUT2D eigenvalue weighted by molar-refractivity contribution is 0.868. The molecule has 2 rings (SSSR count). The van der Waals surface area contributed by atoms with Crippen LogP contribution in [0.2, 0.25) is 0 Å². The molecule has 0 radical (unpaired) electrons. The fourth-order valence-corrected chi connectivity index (χ4v) is 1.74. The van der Waals surface area contributed by atoms with E-state index >= 15 is 0 Å². The van der Waals surface area contributed by atoms with Crippen molar-refractivity contribution in [1.29, 1.82) is 0 Å². The molecule has 0 aliphatic carbocycles. The van der Waals surface area contributed by atoms with E-state index in [9.17, 15) is 4.79 Å². The molecule has 0 fully saturated rings. The molecule has 2 heterocycles. The Morgan fingerprint density at radius 3 is 3.27 bits per heavy atom. The van der Waals surface area contributed by atoms with E-state index in [-0.39, 0.29) is 5.56 Å². The summed E-state index contributed by atoms with van der Waals surface area (Å²) in [5.74, 6) is 0.710. The Kier molecular flexibility index (Phi) is 2.64. The molecule has 0 spiro atoms. The third-order valence-corrected chi connectivity index (χ3v) is 2.46. The molecule has 1 N–H and O–H groups in total. The van der Waals surface area contributed by atoms with Crippen LogP contribution in [0, 0.1) is 0 Å². The molecule has 0 saturated carbocycles. The largest absolute Gasteiger partial charge is 0.343 e. The quantitative estimate of drug-likeness (QED) is 0.808. The molecule has 0 unspecified atom stereocenters. The summed E-state index contributed by atoms with van der Waals surface area (Å²) < 4.78 is 0. The van der Waals surface area contributed by atoms with Gasteiger partial charge in [-0.1, -0.05) is 17.7 Å². The van der Waals surface area contributed by atoms with Crippen LogP contribution in [0.5, 0.6) is 0 Å². The van der Waals surface area contributed by atoms with Gasteiger partial charge in [0.1, 0.15) is 5.69 Å². The molecular weight excluding hydrogens is 216 g/mol. The van der Waals surface area contributed by atoms with Crippen molar-refractivity contribution in [2.45, 2.75) is 0 Å². The van der Waals surface area contributed by atoms with Crippen LogP contribution in [0.4, 0.5) is 11.5 Å². The zero-order valence-corrected chi connectivity index (χ0v) is 9.03. The maximum absolute atomic E-state index is 11.6. The number of anilines is 2. The van der Waals surface area contributed by atoms with Crippen LogP contribution >= 0.6 is 11.6 Å². The van der Waals surface area contributed by atoms with Crippen molar-refractivity contribution >= 4 is 23.1 Å². The van der Waals surface area contributed by atoms with Crippen molar-refractivity contribution in [3.63, 3.8) is 0 Å². The number of aromatic amines is 1. The number of hydrogen-bond acceptors (Lipinski definition) is 4. The molecule has 1 aromatic heterocycles. The first-order valence-electron chi connectivity index (χ1n) is 4.53. The third kappa shape index (κ3) is 1.70. The predicted octanol–water partition coefficient (Wildman–Crippen LogP) is 0.736. The van der Waals surface area contributed by atoms with E-state index < -0.39 is 0 Å². The highest BCUT2D eigenvalue weighted by molar-refractivity contribution is 6.25. The van der Waals surface area contributed by atoms with E-state index in [4.69, 9.17) is 11.6 Å². The van der Waals surface area contributed by atoms with Gasteiger partial charge < -0.3 is 14.8 Å². The number of aromatic nitrogens is 2. The van der Waals surface area contributed by atoms with Crippen molar-refractivity contribution in [3.8, 4) is 0 Å². The first-order chi connectivity index (χ1) is 7.24. The summed E-state index contributed by atoms with van der Waals surface area (Å²) in [5, 5.41) is 0. The molecule has 0 aromatic carbocycles. The summed E-state index contributed by atoms with van der Waals surface area (Å²) in [4.78, 5) is 22.1. The summed E-state index contributed by atoms with van der Waals surface area (Å²) in [7, 11) is 1.90. The molecule has 0 atom stereocenters. The smallest absolute Gasteiger partial charge is 0.276 e. The van der Waals surface area contributed by atoms with Crippen molar-refractivity contribution in [2.75, 3.05) is 30.1 Å². The molecule has 0 amide bonds. The highest BCUT2D eigenvalue weighted by Gasteiger charge is 2.26. The van der Waals surface area contributed by atoms with E-state index in [2.05, 4.69) is 9.97 Å². The van der Waals surface area contributed by atoms with Gasteiger partial charge in [-0.3, -0.25) is 4.79 Å². The lowest BCUT2D eigenvalue weighted by atomic mass is 10.4. The maximum atomic E-state index is 11.6. The van der Waals surface area contributed by atoms with E-state index in [1.807, 2.05) is 16.8 Å². The van der Waals surface area contributed by atoms with Crippen LogP contribution in [-0.4, -0.2) is 30.2 Å². The summed E-state index contributed by atoms with van der Waals surface area (Å²) in [6.45, 7) is 1.26. The summed E-state index contributed by atoms with van der Waals surface area (Å²) in [6, 6.07) is 0. The average Bonchev–Trinajstić information content (AvgIpc) is 2.55. The standard InChI is InChI=1S/C9H11ClN4O/c1-13-6-14(4-2-3-10)7-8(13)11-5-12-9(7)15/h2-3,5H,4,6H2,1H3,(H,11,12,15). The SMILES string of the molecule is CN1CN(CC=CCl)c2c1nc[nH]c2=O.